The molecule has 0 aliphatic heterocycles. The number of benzene rings is 2. The van der Waals surface area contributed by atoms with E-state index < -0.39 is 17.4 Å². The van der Waals surface area contributed by atoms with Gasteiger partial charge in [0.05, 0.1) is 17.7 Å². The highest BCUT2D eigenvalue weighted by atomic mass is 32.1. The standard InChI is InChI=1S/C24H25N3O4S/c1-4-31-21(28)20(27-30)18-15-32-23(25-18)26-22(29)24(2,3)19(16-11-7-5-8-12-16)17-13-9-6-10-14-17/h5-15,19-20H,4H2,1-3H3,(H,25,26,29). The number of hydrogen-bond acceptors (Lipinski definition) is 7. The fourth-order valence-electron chi connectivity index (χ4n) is 3.61. The molecule has 7 nitrogen and oxygen atoms in total. The molecule has 0 saturated heterocycles. The molecule has 8 heteroatoms. The van der Waals surface area contributed by atoms with E-state index >= 15 is 0 Å². The topological polar surface area (TPSA) is 97.7 Å². The number of amides is 1. The zero-order chi connectivity index (χ0) is 23.1. The number of nitrogens with zero attached hydrogens (tertiary/aromatic N) is 2. The van der Waals surface area contributed by atoms with Crippen LogP contribution in [0.15, 0.2) is 71.2 Å². The van der Waals surface area contributed by atoms with E-state index in [1.165, 1.54) is 5.38 Å². The summed E-state index contributed by atoms with van der Waals surface area (Å²) in [6, 6.07) is 18.4. The first kappa shape index (κ1) is 23.3. The Morgan fingerprint density at radius 1 is 1.06 bits per heavy atom. The molecule has 1 heterocycles. The van der Waals surface area contributed by atoms with Crippen molar-refractivity contribution in [2.45, 2.75) is 32.7 Å². The Labute approximate surface area is 190 Å². The normalized spacial score (nSPS) is 12.2. The second-order valence-corrected chi connectivity index (χ2v) is 8.63. The lowest BCUT2D eigenvalue weighted by molar-refractivity contribution is -0.144. The minimum absolute atomic E-state index is 0.132. The van der Waals surface area contributed by atoms with Crippen LogP contribution in [0.2, 0.25) is 0 Å². The highest BCUT2D eigenvalue weighted by Gasteiger charge is 2.39. The predicted molar refractivity (Wildman–Crippen MR) is 124 cm³/mol. The molecule has 1 unspecified atom stereocenters. The van der Waals surface area contributed by atoms with E-state index in [1.54, 1.807) is 6.92 Å². The van der Waals surface area contributed by atoms with Gasteiger partial charge in [-0.25, -0.2) is 9.78 Å². The van der Waals surface area contributed by atoms with Gasteiger partial charge in [0.1, 0.15) is 0 Å². The number of anilines is 1. The highest BCUT2D eigenvalue weighted by Crippen LogP contribution is 2.42. The number of ether oxygens (including phenoxy) is 1. The molecule has 3 rings (SSSR count). The fraction of sp³-hybridized carbons (Fsp3) is 0.292. The number of carbonyl (C=O) groups excluding carboxylic acids is 2. The number of nitrogens with one attached hydrogen (secondary N) is 1. The Morgan fingerprint density at radius 3 is 2.12 bits per heavy atom. The lowest BCUT2D eigenvalue weighted by Gasteiger charge is -2.33. The molecule has 0 saturated carbocycles. The van der Waals surface area contributed by atoms with E-state index in [1.807, 2.05) is 74.5 Å². The van der Waals surface area contributed by atoms with Gasteiger partial charge in [0.2, 0.25) is 11.9 Å². The summed E-state index contributed by atoms with van der Waals surface area (Å²) in [6.07, 6.45) is 0. The predicted octanol–water partition coefficient (Wildman–Crippen LogP) is 5.31. The van der Waals surface area contributed by atoms with Crippen LogP contribution in [0.25, 0.3) is 0 Å². The molecule has 0 fully saturated rings. The van der Waals surface area contributed by atoms with Crippen molar-refractivity contribution in [2.24, 2.45) is 10.6 Å². The molecule has 2 aromatic carbocycles. The van der Waals surface area contributed by atoms with Gasteiger partial charge >= 0.3 is 5.97 Å². The van der Waals surface area contributed by atoms with Crippen molar-refractivity contribution in [1.29, 1.82) is 0 Å². The Hall–Kier alpha value is -3.39. The second kappa shape index (κ2) is 10.3. The van der Waals surface area contributed by atoms with E-state index in [9.17, 15) is 14.5 Å². The number of nitroso groups, excluding NO2 is 1. The minimum Gasteiger partial charge on any atom is -0.464 e. The summed E-state index contributed by atoms with van der Waals surface area (Å²) in [7, 11) is 0. The van der Waals surface area contributed by atoms with Gasteiger partial charge in [-0.05, 0) is 23.2 Å². The highest BCUT2D eigenvalue weighted by molar-refractivity contribution is 7.14. The van der Waals surface area contributed by atoms with Gasteiger partial charge in [-0.1, -0.05) is 74.5 Å². The fourth-order valence-corrected chi connectivity index (χ4v) is 4.34. The summed E-state index contributed by atoms with van der Waals surface area (Å²) in [5, 5.41) is 7.49. The maximum absolute atomic E-state index is 13.4. The molecule has 1 atom stereocenters. The van der Waals surface area contributed by atoms with Gasteiger partial charge < -0.3 is 10.1 Å². The van der Waals surface area contributed by atoms with Crippen LogP contribution < -0.4 is 5.32 Å². The van der Waals surface area contributed by atoms with Crippen molar-refractivity contribution >= 4 is 28.3 Å². The van der Waals surface area contributed by atoms with E-state index in [4.69, 9.17) is 4.74 Å². The zero-order valence-corrected chi connectivity index (χ0v) is 19.0. The van der Waals surface area contributed by atoms with Crippen LogP contribution in [0, 0.1) is 10.3 Å². The summed E-state index contributed by atoms with van der Waals surface area (Å²) in [6.45, 7) is 5.55. The zero-order valence-electron chi connectivity index (χ0n) is 18.1. The van der Waals surface area contributed by atoms with Crippen LogP contribution in [-0.4, -0.2) is 23.5 Å². The summed E-state index contributed by atoms with van der Waals surface area (Å²) in [5.74, 6) is -1.20. The van der Waals surface area contributed by atoms with E-state index in [0.717, 1.165) is 22.5 Å². The molecule has 0 radical (unpaired) electrons. The first-order chi connectivity index (χ1) is 15.4. The average molecular weight is 452 g/mol. The van der Waals surface area contributed by atoms with Crippen molar-refractivity contribution < 1.29 is 14.3 Å². The van der Waals surface area contributed by atoms with Gasteiger partial charge in [0.15, 0.2) is 5.13 Å². The van der Waals surface area contributed by atoms with Crippen LogP contribution in [-0.2, 0) is 14.3 Å². The molecular weight excluding hydrogens is 426 g/mol. The Kier molecular flexibility index (Phi) is 7.48. The van der Waals surface area contributed by atoms with E-state index in [-0.39, 0.29) is 29.3 Å². The van der Waals surface area contributed by atoms with E-state index in [2.05, 4.69) is 15.5 Å². The second-order valence-electron chi connectivity index (χ2n) is 7.77. The summed E-state index contributed by atoms with van der Waals surface area (Å²) < 4.78 is 4.87. The number of thiazole rings is 1. The first-order valence-corrected chi connectivity index (χ1v) is 11.1. The molecule has 1 amide bonds. The van der Waals surface area contributed by atoms with Crippen LogP contribution in [0.3, 0.4) is 0 Å². The first-order valence-electron chi connectivity index (χ1n) is 10.2. The molecule has 1 N–H and O–H groups in total. The average Bonchev–Trinajstić information content (AvgIpc) is 3.24. The van der Waals surface area contributed by atoms with Crippen molar-refractivity contribution in [3.05, 3.63) is 87.8 Å². The third-order valence-electron chi connectivity index (χ3n) is 5.21. The molecule has 1 aromatic heterocycles. The Morgan fingerprint density at radius 2 is 1.62 bits per heavy atom. The van der Waals surface area contributed by atoms with E-state index in [0.29, 0.717) is 0 Å². The lowest BCUT2D eigenvalue weighted by Crippen LogP contribution is -2.37. The molecule has 166 valence electrons. The largest absolute Gasteiger partial charge is 0.464 e. The molecule has 0 bridgehead atoms. The SMILES string of the molecule is CCOC(=O)C(N=O)c1csc(NC(=O)C(C)(C)C(c2ccccc2)c2ccccc2)n1. The summed E-state index contributed by atoms with van der Waals surface area (Å²) in [4.78, 5) is 40.7. The molecule has 0 spiro atoms. The molecule has 0 aliphatic rings. The monoisotopic (exact) mass is 451 g/mol. The van der Waals surface area contributed by atoms with Gasteiger partial charge in [-0.15, -0.1) is 16.2 Å². The quantitative estimate of drug-likeness (QED) is 0.351. The number of hydrogen-bond donors (Lipinski definition) is 1. The van der Waals surface area contributed by atoms with Crippen LogP contribution in [0.5, 0.6) is 0 Å². The van der Waals surface area contributed by atoms with Gasteiger partial charge in [-0.3, -0.25) is 4.79 Å². The van der Waals surface area contributed by atoms with Gasteiger partial charge in [-0.2, -0.15) is 0 Å². The van der Waals surface area contributed by atoms with Gasteiger partial charge in [0.25, 0.3) is 0 Å². The number of rotatable bonds is 9. The third-order valence-corrected chi connectivity index (χ3v) is 5.99. The van der Waals surface area contributed by atoms with Crippen LogP contribution in [0.4, 0.5) is 5.13 Å². The Balaban J connectivity index is 1.86. The Bertz CT molecular complexity index is 1030. The van der Waals surface area contributed by atoms with Crippen molar-refractivity contribution in [2.75, 3.05) is 11.9 Å². The third kappa shape index (κ3) is 5.08. The maximum Gasteiger partial charge on any atom is 0.340 e. The minimum atomic E-state index is -1.36. The van der Waals surface area contributed by atoms with Crippen LogP contribution >= 0.6 is 11.3 Å². The summed E-state index contributed by atoms with van der Waals surface area (Å²) >= 11 is 1.13. The molecular formula is C24H25N3O4S. The van der Waals surface area contributed by atoms with Crippen LogP contribution in [0.1, 0.15) is 49.6 Å². The number of aromatic nitrogens is 1. The van der Waals surface area contributed by atoms with Crippen molar-refractivity contribution in [1.82, 2.24) is 4.98 Å². The number of carbonyl (C=O) groups is 2. The van der Waals surface area contributed by atoms with Gasteiger partial charge in [0, 0.05) is 11.3 Å². The number of esters is 1. The molecule has 0 aliphatic carbocycles. The molecule has 32 heavy (non-hydrogen) atoms. The maximum atomic E-state index is 13.4. The lowest BCUT2D eigenvalue weighted by atomic mass is 9.70. The smallest absolute Gasteiger partial charge is 0.340 e. The van der Waals surface area contributed by atoms with Crippen molar-refractivity contribution in [3.63, 3.8) is 0 Å². The summed E-state index contributed by atoms with van der Waals surface area (Å²) in [5.41, 5.74) is 1.36. The molecule has 3 aromatic rings. The van der Waals surface area contributed by atoms with Crippen molar-refractivity contribution in [3.8, 4) is 0 Å².